The molecule has 1 aliphatic heterocycles. The summed E-state index contributed by atoms with van der Waals surface area (Å²) >= 11 is 6.43. The highest BCUT2D eigenvalue weighted by atomic mass is 35.5. The standard InChI is InChI=1S/C26H24ClF2N5O2/c1-14-6-23(34-12-18(29)11-31-34)19-4-3-5-24(25(19)32-14)36-13-21-20(7-17(28)8-22(21)27)15(2)33-26(35)16-9-30-10-16/h3-8,11-12,15-16,30H,9-10,13H2,1-2H3,(H,33,35)/t15-/m0/s1. The molecule has 2 aromatic heterocycles. The van der Waals surface area contributed by atoms with E-state index in [2.05, 4.69) is 20.7 Å². The fourth-order valence-corrected chi connectivity index (χ4v) is 4.53. The highest BCUT2D eigenvalue weighted by Gasteiger charge is 2.27. The molecule has 1 fully saturated rings. The Morgan fingerprint density at radius 1 is 1.28 bits per heavy atom. The van der Waals surface area contributed by atoms with Gasteiger partial charge in [-0.2, -0.15) is 5.10 Å². The number of fused-ring (bicyclic) bond motifs is 1. The van der Waals surface area contributed by atoms with Crippen LogP contribution in [-0.2, 0) is 11.4 Å². The normalized spacial score (nSPS) is 14.5. The van der Waals surface area contributed by atoms with Crippen LogP contribution in [0.4, 0.5) is 8.78 Å². The van der Waals surface area contributed by atoms with E-state index >= 15 is 0 Å². The lowest BCUT2D eigenvalue weighted by Crippen LogP contribution is -2.51. The predicted molar refractivity (Wildman–Crippen MR) is 132 cm³/mol. The topological polar surface area (TPSA) is 81.1 Å². The van der Waals surface area contributed by atoms with Crippen molar-refractivity contribution in [2.75, 3.05) is 13.1 Å². The first-order valence-corrected chi connectivity index (χ1v) is 11.9. The van der Waals surface area contributed by atoms with Crippen LogP contribution in [0.1, 0.15) is 29.8 Å². The van der Waals surface area contributed by atoms with Crippen LogP contribution in [0.25, 0.3) is 16.6 Å². The first-order valence-electron chi connectivity index (χ1n) is 11.5. The van der Waals surface area contributed by atoms with E-state index in [1.807, 2.05) is 19.1 Å². The van der Waals surface area contributed by atoms with Crippen LogP contribution in [0.2, 0.25) is 5.02 Å². The molecule has 0 bridgehead atoms. The molecule has 7 nitrogen and oxygen atoms in total. The maximum Gasteiger partial charge on any atom is 0.226 e. The average molecular weight is 512 g/mol. The molecule has 10 heteroatoms. The molecule has 186 valence electrons. The Morgan fingerprint density at radius 3 is 2.78 bits per heavy atom. The number of aromatic nitrogens is 3. The second-order valence-corrected chi connectivity index (χ2v) is 9.27. The van der Waals surface area contributed by atoms with Gasteiger partial charge < -0.3 is 15.4 Å². The summed E-state index contributed by atoms with van der Waals surface area (Å²) in [5.74, 6) is -0.654. The minimum Gasteiger partial charge on any atom is -0.487 e. The van der Waals surface area contributed by atoms with Crippen LogP contribution < -0.4 is 15.4 Å². The number of hydrogen-bond acceptors (Lipinski definition) is 5. The Morgan fingerprint density at radius 2 is 2.08 bits per heavy atom. The molecule has 0 unspecified atom stereocenters. The maximum absolute atomic E-state index is 14.3. The van der Waals surface area contributed by atoms with Gasteiger partial charge in [-0.05, 0) is 43.7 Å². The zero-order valence-corrected chi connectivity index (χ0v) is 20.4. The number of ether oxygens (including phenoxy) is 1. The second-order valence-electron chi connectivity index (χ2n) is 8.87. The highest BCUT2D eigenvalue weighted by molar-refractivity contribution is 6.31. The third-order valence-corrected chi connectivity index (χ3v) is 6.59. The van der Waals surface area contributed by atoms with Gasteiger partial charge in [-0.3, -0.25) is 4.79 Å². The van der Waals surface area contributed by atoms with Crippen molar-refractivity contribution in [1.82, 2.24) is 25.4 Å². The summed E-state index contributed by atoms with van der Waals surface area (Å²) in [7, 11) is 0. The Balaban J connectivity index is 1.46. The number of para-hydroxylation sites is 1. The second kappa shape index (κ2) is 9.83. The van der Waals surface area contributed by atoms with Crippen molar-refractivity contribution < 1.29 is 18.3 Å². The van der Waals surface area contributed by atoms with Gasteiger partial charge in [0, 0.05) is 29.7 Å². The molecule has 4 aromatic rings. The number of rotatable bonds is 7. The molecule has 0 radical (unpaired) electrons. The van der Waals surface area contributed by atoms with Crippen molar-refractivity contribution >= 4 is 28.4 Å². The molecule has 1 saturated heterocycles. The fraction of sp³-hybridized carbons (Fsp3) is 0.269. The van der Waals surface area contributed by atoms with E-state index in [1.165, 1.54) is 23.0 Å². The number of hydrogen-bond donors (Lipinski definition) is 2. The van der Waals surface area contributed by atoms with Crippen LogP contribution >= 0.6 is 11.6 Å². The highest BCUT2D eigenvalue weighted by Crippen LogP contribution is 2.32. The predicted octanol–water partition coefficient (Wildman–Crippen LogP) is 4.64. The summed E-state index contributed by atoms with van der Waals surface area (Å²) in [5.41, 5.74) is 3.04. The van der Waals surface area contributed by atoms with E-state index < -0.39 is 17.7 Å². The van der Waals surface area contributed by atoms with Crippen molar-refractivity contribution in [2.24, 2.45) is 5.92 Å². The number of pyridine rings is 1. The molecule has 36 heavy (non-hydrogen) atoms. The molecule has 0 aliphatic carbocycles. The minimum absolute atomic E-state index is 0.0279. The van der Waals surface area contributed by atoms with Crippen LogP contribution in [0, 0.1) is 24.5 Å². The van der Waals surface area contributed by atoms with Gasteiger partial charge in [-0.1, -0.05) is 23.7 Å². The number of halogens is 3. The monoisotopic (exact) mass is 511 g/mol. The lowest BCUT2D eigenvalue weighted by Gasteiger charge is -2.28. The SMILES string of the molecule is Cc1cc(-n2cc(F)cn2)c2cccc(OCc3c(Cl)cc(F)cc3[C@H](C)NC(=O)C3CNC3)c2n1. The van der Waals surface area contributed by atoms with Gasteiger partial charge >= 0.3 is 0 Å². The van der Waals surface area contributed by atoms with Gasteiger partial charge in [0.1, 0.15) is 23.7 Å². The van der Waals surface area contributed by atoms with E-state index in [1.54, 1.807) is 19.1 Å². The smallest absolute Gasteiger partial charge is 0.226 e. The van der Waals surface area contributed by atoms with E-state index in [0.29, 0.717) is 46.9 Å². The Kier molecular flexibility index (Phi) is 6.59. The molecule has 1 amide bonds. The number of carbonyl (C=O) groups excluding carboxylic acids is 1. The van der Waals surface area contributed by atoms with Gasteiger partial charge in [0.25, 0.3) is 0 Å². The molecule has 0 saturated carbocycles. The van der Waals surface area contributed by atoms with Crippen molar-refractivity contribution in [1.29, 1.82) is 0 Å². The molecule has 0 spiro atoms. The summed E-state index contributed by atoms with van der Waals surface area (Å²) in [6.07, 6.45) is 2.43. The number of aryl methyl sites for hydroxylation is 1. The Hall–Kier alpha value is -3.56. The third kappa shape index (κ3) is 4.76. The number of nitrogens with zero attached hydrogens (tertiary/aromatic N) is 3. The van der Waals surface area contributed by atoms with Crippen molar-refractivity contribution in [3.05, 3.63) is 82.3 Å². The van der Waals surface area contributed by atoms with Gasteiger partial charge in [0.05, 0.1) is 35.1 Å². The van der Waals surface area contributed by atoms with Gasteiger partial charge in [0.15, 0.2) is 5.82 Å². The van der Waals surface area contributed by atoms with Crippen molar-refractivity contribution in [3.8, 4) is 11.4 Å². The number of nitrogens with one attached hydrogen (secondary N) is 2. The van der Waals surface area contributed by atoms with Gasteiger partial charge in [0.2, 0.25) is 5.91 Å². The summed E-state index contributed by atoms with van der Waals surface area (Å²) in [6, 6.07) is 9.37. The zero-order chi connectivity index (χ0) is 25.4. The van der Waals surface area contributed by atoms with E-state index in [4.69, 9.17) is 16.3 Å². The third-order valence-electron chi connectivity index (χ3n) is 6.25. The van der Waals surface area contributed by atoms with E-state index in [9.17, 15) is 13.6 Å². The summed E-state index contributed by atoms with van der Waals surface area (Å²) in [4.78, 5) is 17.1. The molecule has 2 N–H and O–H groups in total. The van der Waals surface area contributed by atoms with Crippen LogP contribution in [0.5, 0.6) is 5.75 Å². The minimum atomic E-state index is -0.497. The molecule has 3 heterocycles. The van der Waals surface area contributed by atoms with Crippen LogP contribution in [0.15, 0.2) is 48.8 Å². The zero-order valence-electron chi connectivity index (χ0n) is 19.7. The molecule has 1 aliphatic rings. The first-order chi connectivity index (χ1) is 17.3. The van der Waals surface area contributed by atoms with E-state index in [0.717, 1.165) is 11.6 Å². The number of amides is 1. The van der Waals surface area contributed by atoms with Crippen molar-refractivity contribution in [2.45, 2.75) is 26.5 Å². The van der Waals surface area contributed by atoms with E-state index in [-0.39, 0.29) is 23.5 Å². The summed E-state index contributed by atoms with van der Waals surface area (Å²) in [6.45, 7) is 4.89. The maximum atomic E-state index is 14.3. The number of benzene rings is 2. The quantitative estimate of drug-likeness (QED) is 0.378. The average Bonchev–Trinajstić information content (AvgIpc) is 3.22. The molecule has 1 atom stereocenters. The lowest BCUT2D eigenvalue weighted by molar-refractivity contribution is -0.127. The van der Waals surface area contributed by atoms with Crippen LogP contribution in [-0.4, -0.2) is 33.8 Å². The lowest BCUT2D eigenvalue weighted by atomic mass is 9.98. The Labute approximate surface area is 211 Å². The number of carbonyl (C=O) groups is 1. The molecule has 2 aromatic carbocycles. The summed E-state index contributed by atoms with van der Waals surface area (Å²) in [5, 5.41) is 11.0. The van der Waals surface area contributed by atoms with Crippen molar-refractivity contribution in [3.63, 3.8) is 0 Å². The van der Waals surface area contributed by atoms with Gasteiger partial charge in [-0.25, -0.2) is 18.4 Å². The molecular weight excluding hydrogens is 488 g/mol. The van der Waals surface area contributed by atoms with Crippen LogP contribution in [0.3, 0.4) is 0 Å². The Bertz CT molecular complexity index is 1450. The summed E-state index contributed by atoms with van der Waals surface area (Å²) < 4.78 is 35.5. The van der Waals surface area contributed by atoms with Gasteiger partial charge in [-0.15, -0.1) is 0 Å². The fourth-order valence-electron chi connectivity index (χ4n) is 4.26. The molecule has 5 rings (SSSR count). The first kappa shape index (κ1) is 24.1. The largest absolute Gasteiger partial charge is 0.487 e. The molecular formula is C26H24ClF2N5O2.